The Kier molecular flexibility index (Phi) is 7.23. The summed E-state index contributed by atoms with van der Waals surface area (Å²) in [6, 6.07) is 10.4. The number of hydrogen-bond donors (Lipinski definition) is 1. The normalized spacial score (nSPS) is 15.8. The third kappa shape index (κ3) is 6.06. The molecule has 0 saturated carbocycles. The molecule has 122 valence electrons. The van der Waals surface area contributed by atoms with Crippen molar-refractivity contribution in [3.63, 3.8) is 0 Å². The van der Waals surface area contributed by atoms with E-state index in [1.807, 2.05) is 23.1 Å². The van der Waals surface area contributed by atoms with Crippen LogP contribution in [0.5, 0.6) is 0 Å². The molecule has 0 unspecified atom stereocenters. The van der Waals surface area contributed by atoms with Gasteiger partial charge in [-0.25, -0.2) is 4.79 Å². The van der Waals surface area contributed by atoms with E-state index in [1.165, 1.54) is 5.56 Å². The standard InChI is InChI=1S/C18H28N2O2/c1-16-8-12-20(13-9-16)18(21)19-11-5-14-22-15-10-17-6-3-2-4-7-17/h2-4,6-7,16H,5,8-15H2,1H3,(H,19,21). The summed E-state index contributed by atoms with van der Waals surface area (Å²) >= 11 is 0. The van der Waals surface area contributed by atoms with E-state index in [0.29, 0.717) is 13.2 Å². The first kappa shape index (κ1) is 16.8. The van der Waals surface area contributed by atoms with Crippen LogP contribution in [0, 0.1) is 5.92 Å². The molecule has 4 heteroatoms. The molecular weight excluding hydrogens is 276 g/mol. The third-order valence-corrected chi connectivity index (χ3v) is 4.19. The molecule has 4 nitrogen and oxygen atoms in total. The van der Waals surface area contributed by atoms with Crippen LogP contribution in [0.3, 0.4) is 0 Å². The Balaban J connectivity index is 1.46. The van der Waals surface area contributed by atoms with E-state index in [9.17, 15) is 4.79 Å². The van der Waals surface area contributed by atoms with Gasteiger partial charge in [0.25, 0.3) is 0 Å². The zero-order valence-corrected chi connectivity index (χ0v) is 13.6. The Morgan fingerprint density at radius 1 is 1.23 bits per heavy atom. The molecule has 0 aliphatic carbocycles. The lowest BCUT2D eigenvalue weighted by Gasteiger charge is -2.30. The topological polar surface area (TPSA) is 41.6 Å². The quantitative estimate of drug-likeness (QED) is 0.787. The maximum atomic E-state index is 12.0. The van der Waals surface area contributed by atoms with E-state index in [1.54, 1.807) is 0 Å². The van der Waals surface area contributed by atoms with Crippen molar-refractivity contribution >= 4 is 6.03 Å². The largest absolute Gasteiger partial charge is 0.381 e. The minimum absolute atomic E-state index is 0.0798. The molecule has 0 radical (unpaired) electrons. The van der Waals surface area contributed by atoms with Crippen LogP contribution in [-0.2, 0) is 11.2 Å². The molecule has 1 fully saturated rings. The fourth-order valence-corrected chi connectivity index (χ4v) is 2.63. The summed E-state index contributed by atoms with van der Waals surface area (Å²) in [5.74, 6) is 0.752. The van der Waals surface area contributed by atoms with Crippen LogP contribution in [0.25, 0.3) is 0 Å². The Morgan fingerprint density at radius 2 is 1.95 bits per heavy atom. The number of benzene rings is 1. The van der Waals surface area contributed by atoms with E-state index in [-0.39, 0.29) is 6.03 Å². The molecule has 1 heterocycles. The van der Waals surface area contributed by atoms with E-state index in [4.69, 9.17) is 4.74 Å². The summed E-state index contributed by atoms with van der Waals surface area (Å²) in [7, 11) is 0. The first-order valence-corrected chi connectivity index (χ1v) is 8.40. The van der Waals surface area contributed by atoms with Crippen molar-refractivity contribution in [3.8, 4) is 0 Å². The highest BCUT2D eigenvalue weighted by molar-refractivity contribution is 5.74. The number of piperidine rings is 1. The van der Waals surface area contributed by atoms with Gasteiger partial charge in [0.1, 0.15) is 0 Å². The molecule has 0 atom stereocenters. The highest BCUT2D eigenvalue weighted by atomic mass is 16.5. The summed E-state index contributed by atoms with van der Waals surface area (Å²) in [6.45, 7) is 6.16. The minimum atomic E-state index is 0.0798. The van der Waals surface area contributed by atoms with Crippen molar-refractivity contribution in [3.05, 3.63) is 35.9 Å². The summed E-state index contributed by atoms with van der Waals surface area (Å²) in [4.78, 5) is 13.9. The summed E-state index contributed by atoms with van der Waals surface area (Å²) < 4.78 is 5.61. The molecule has 2 amide bonds. The van der Waals surface area contributed by atoms with Crippen LogP contribution < -0.4 is 5.32 Å². The zero-order chi connectivity index (χ0) is 15.6. The van der Waals surface area contributed by atoms with Gasteiger partial charge in [0.15, 0.2) is 0 Å². The van der Waals surface area contributed by atoms with E-state index in [0.717, 1.165) is 51.3 Å². The van der Waals surface area contributed by atoms with Gasteiger partial charge in [-0.2, -0.15) is 0 Å². The number of ether oxygens (including phenoxy) is 1. The molecule has 1 aromatic carbocycles. The molecule has 0 spiro atoms. The van der Waals surface area contributed by atoms with Gasteiger partial charge < -0.3 is 15.0 Å². The van der Waals surface area contributed by atoms with Crippen molar-refractivity contribution in [1.82, 2.24) is 10.2 Å². The molecule has 0 aromatic heterocycles. The lowest BCUT2D eigenvalue weighted by molar-refractivity contribution is 0.133. The van der Waals surface area contributed by atoms with Gasteiger partial charge in [-0.3, -0.25) is 0 Å². The summed E-state index contributed by atoms with van der Waals surface area (Å²) in [5.41, 5.74) is 1.30. The van der Waals surface area contributed by atoms with Crippen molar-refractivity contribution in [2.75, 3.05) is 32.8 Å². The Labute approximate surface area is 133 Å². The molecule has 22 heavy (non-hydrogen) atoms. The van der Waals surface area contributed by atoms with Crippen LogP contribution in [0.15, 0.2) is 30.3 Å². The van der Waals surface area contributed by atoms with Gasteiger partial charge in [-0.15, -0.1) is 0 Å². The molecule has 1 aliphatic heterocycles. The number of nitrogens with one attached hydrogen (secondary N) is 1. The van der Waals surface area contributed by atoms with Gasteiger partial charge in [0.2, 0.25) is 0 Å². The fraction of sp³-hybridized carbons (Fsp3) is 0.611. The zero-order valence-electron chi connectivity index (χ0n) is 13.6. The van der Waals surface area contributed by atoms with E-state index < -0.39 is 0 Å². The molecule has 1 saturated heterocycles. The maximum Gasteiger partial charge on any atom is 0.317 e. The third-order valence-electron chi connectivity index (χ3n) is 4.19. The molecule has 1 N–H and O–H groups in total. The van der Waals surface area contributed by atoms with Gasteiger partial charge in [-0.05, 0) is 37.2 Å². The highest BCUT2D eigenvalue weighted by Crippen LogP contribution is 2.15. The fourth-order valence-electron chi connectivity index (χ4n) is 2.63. The first-order valence-electron chi connectivity index (χ1n) is 8.40. The average molecular weight is 304 g/mol. The second-order valence-electron chi connectivity index (χ2n) is 6.10. The maximum absolute atomic E-state index is 12.0. The van der Waals surface area contributed by atoms with Crippen LogP contribution in [-0.4, -0.2) is 43.8 Å². The molecular formula is C18H28N2O2. The molecule has 1 aromatic rings. The van der Waals surface area contributed by atoms with Gasteiger partial charge >= 0.3 is 6.03 Å². The van der Waals surface area contributed by atoms with Gasteiger partial charge in [-0.1, -0.05) is 37.3 Å². The SMILES string of the molecule is CC1CCN(C(=O)NCCCOCCc2ccccc2)CC1. The highest BCUT2D eigenvalue weighted by Gasteiger charge is 2.19. The van der Waals surface area contributed by atoms with E-state index in [2.05, 4.69) is 24.4 Å². The van der Waals surface area contributed by atoms with Crippen molar-refractivity contribution in [2.24, 2.45) is 5.92 Å². The summed E-state index contributed by atoms with van der Waals surface area (Å²) in [6.07, 6.45) is 4.05. The molecule has 1 aliphatic rings. The monoisotopic (exact) mass is 304 g/mol. The van der Waals surface area contributed by atoms with E-state index >= 15 is 0 Å². The van der Waals surface area contributed by atoms with Crippen molar-refractivity contribution in [2.45, 2.75) is 32.6 Å². The van der Waals surface area contributed by atoms with Crippen molar-refractivity contribution < 1.29 is 9.53 Å². The number of rotatable bonds is 7. The number of carbonyl (C=O) groups is 1. The van der Waals surface area contributed by atoms with Crippen LogP contribution in [0.1, 0.15) is 31.7 Å². The Bertz CT molecular complexity index is 428. The Hall–Kier alpha value is -1.55. The smallest absolute Gasteiger partial charge is 0.317 e. The lowest BCUT2D eigenvalue weighted by atomic mass is 10.00. The number of urea groups is 1. The number of amides is 2. The average Bonchev–Trinajstić information content (AvgIpc) is 2.55. The second kappa shape index (κ2) is 9.46. The number of hydrogen-bond acceptors (Lipinski definition) is 2. The first-order chi connectivity index (χ1) is 10.8. The number of nitrogens with zero attached hydrogens (tertiary/aromatic N) is 1. The predicted octanol–water partition coefficient (Wildman–Crippen LogP) is 3.08. The van der Waals surface area contributed by atoms with Gasteiger partial charge in [0, 0.05) is 26.2 Å². The Morgan fingerprint density at radius 3 is 2.68 bits per heavy atom. The molecule has 0 bridgehead atoms. The molecule has 2 rings (SSSR count). The lowest BCUT2D eigenvalue weighted by Crippen LogP contribution is -2.44. The second-order valence-corrected chi connectivity index (χ2v) is 6.10. The van der Waals surface area contributed by atoms with Crippen LogP contribution >= 0.6 is 0 Å². The minimum Gasteiger partial charge on any atom is -0.381 e. The van der Waals surface area contributed by atoms with Gasteiger partial charge in [0.05, 0.1) is 6.61 Å². The predicted molar refractivity (Wildman–Crippen MR) is 89.0 cm³/mol. The number of carbonyl (C=O) groups excluding carboxylic acids is 1. The van der Waals surface area contributed by atoms with Crippen molar-refractivity contribution in [1.29, 1.82) is 0 Å². The van der Waals surface area contributed by atoms with Crippen LogP contribution in [0.2, 0.25) is 0 Å². The number of likely N-dealkylation sites (tertiary alicyclic amines) is 1. The van der Waals surface area contributed by atoms with Crippen LogP contribution in [0.4, 0.5) is 4.79 Å². The summed E-state index contributed by atoms with van der Waals surface area (Å²) in [5, 5.41) is 2.98.